The summed E-state index contributed by atoms with van der Waals surface area (Å²) in [6.07, 6.45) is 2.36. The Bertz CT molecular complexity index is 437. The molecule has 0 aliphatic heterocycles. The van der Waals surface area contributed by atoms with E-state index >= 15 is 0 Å². The van der Waals surface area contributed by atoms with Crippen LogP contribution in [0.15, 0.2) is 6.33 Å². The van der Waals surface area contributed by atoms with Gasteiger partial charge in [-0.2, -0.15) is 0 Å². The van der Waals surface area contributed by atoms with Gasteiger partial charge in [-0.3, -0.25) is 0 Å². The van der Waals surface area contributed by atoms with Crippen LogP contribution >= 0.6 is 22.6 Å². The van der Waals surface area contributed by atoms with Crippen LogP contribution in [-0.2, 0) is 11.2 Å². The maximum absolute atomic E-state index is 11.0. The molecule has 0 saturated carbocycles. The smallest absolute Gasteiger partial charge is 0.326 e. The minimum Gasteiger partial charge on any atom is -0.480 e. The fraction of sp³-hybridized carbons (Fsp3) is 0.583. The highest BCUT2D eigenvalue weighted by atomic mass is 127. The van der Waals surface area contributed by atoms with E-state index in [2.05, 4.69) is 46.4 Å². The molecule has 18 heavy (non-hydrogen) atoms. The SMILES string of the molecule is CC(C)Cc1ncnc(N(C)C(C)C(=O)O)c1I. The van der Waals surface area contributed by atoms with Crippen LogP contribution < -0.4 is 4.90 Å². The average Bonchev–Trinajstić information content (AvgIpc) is 2.29. The lowest BCUT2D eigenvalue weighted by Crippen LogP contribution is -2.37. The van der Waals surface area contributed by atoms with Crippen molar-refractivity contribution in [3.63, 3.8) is 0 Å². The summed E-state index contributed by atoms with van der Waals surface area (Å²) in [6.45, 7) is 5.89. The van der Waals surface area contributed by atoms with Gasteiger partial charge in [-0.25, -0.2) is 14.8 Å². The second-order valence-corrected chi connectivity index (χ2v) is 5.76. The van der Waals surface area contributed by atoms with Gasteiger partial charge in [0.2, 0.25) is 0 Å². The number of hydrogen-bond acceptors (Lipinski definition) is 4. The molecule has 1 aromatic heterocycles. The Balaban J connectivity index is 3.06. The molecule has 0 bridgehead atoms. The molecule has 0 aromatic carbocycles. The van der Waals surface area contributed by atoms with Gasteiger partial charge < -0.3 is 10.0 Å². The predicted molar refractivity (Wildman–Crippen MR) is 78.8 cm³/mol. The van der Waals surface area contributed by atoms with Crippen LogP contribution in [0.25, 0.3) is 0 Å². The highest BCUT2D eigenvalue weighted by molar-refractivity contribution is 14.1. The zero-order chi connectivity index (χ0) is 13.9. The van der Waals surface area contributed by atoms with Gasteiger partial charge in [-0.15, -0.1) is 0 Å². The topological polar surface area (TPSA) is 66.3 Å². The Hall–Kier alpha value is -0.920. The summed E-state index contributed by atoms with van der Waals surface area (Å²) in [5.41, 5.74) is 0.972. The fourth-order valence-corrected chi connectivity index (χ4v) is 2.40. The molecule has 1 unspecified atom stereocenters. The van der Waals surface area contributed by atoms with Gasteiger partial charge in [0, 0.05) is 7.05 Å². The highest BCUT2D eigenvalue weighted by Gasteiger charge is 2.21. The first-order valence-corrected chi connectivity index (χ1v) is 6.87. The van der Waals surface area contributed by atoms with Crippen LogP contribution in [0.4, 0.5) is 5.82 Å². The lowest BCUT2D eigenvalue weighted by Gasteiger charge is -2.24. The number of nitrogens with zero attached hydrogens (tertiary/aromatic N) is 3. The van der Waals surface area contributed by atoms with Crippen LogP contribution in [0.1, 0.15) is 26.5 Å². The van der Waals surface area contributed by atoms with E-state index in [1.54, 1.807) is 18.9 Å². The van der Waals surface area contributed by atoms with Crippen LogP contribution in [0.2, 0.25) is 0 Å². The number of aliphatic carboxylic acids is 1. The Morgan fingerprint density at radius 1 is 1.44 bits per heavy atom. The van der Waals surface area contributed by atoms with Crippen molar-refractivity contribution in [3.05, 3.63) is 15.6 Å². The summed E-state index contributed by atoms with van der Waals surface area (Å²) in [5, 5.41) is 9.03. The molecule has 5 nitrogen and oxygen atoms in total. The maximum atomic E-state index is 11.0. The molecule has 0 aliphatic carbocycles. The van der Waals surface area contributed by atoms with E-state index in [4.69, 9.17) is 5.11 Å². The van der Waals surface area contributed by atoms with Gasteiger partial charge in [0.1, 0.15) is 18.2 Å². The Labute approximate surface area is 121 Å². The third-order valence-corrected chi connectivity index (χ3v) is 3.82. The number of carboxylic acid groups (broad SMARTS) is 1. The van der Waals surface area contributed by atoms with E-state index in [1.165, 1.54) is 6.33 Å². The third kappa shape index (κ3) is 3.54. The van der Waals surface area contributed by atoms with Crippen molar-refractivity contribution >= 4 is 34.4 Å². The van der Waals surface area contributed by atoms with Crippen molar-refractivity contribution in [1.82, 2.24) is 9.97 Å². The van der Waals surface area contributed by atoms with Crippen LogP contribution in [0.3, 0.4) is 0 Å². The van der Waals surface area contributed by atoms with Crippen molar-refractivity contribution in [3.8, 4) is 0 Å². The van der Waals surface area contributed by atoms with Crippen molar-refractivity contribution in [2.45, 2.75) is 33.2 Å². The number of carboxylic acids is 1. The molecule has 1 heterocycles. The molecule has 0 radical (unpaired) electrons. The lowest BCUT2D eigenvalue weighted by molar-refractivity contribution is -0.138. The van der Waals surface area contributed by atoms with Gasteiger partial charge in [0.25, 0.3) is 0 Å². The van der Waals surface area contributed by atoms with E-state index in [0.29, 0.717) is 11.7 Å². The van der Waals surface area contributed by atoms with Gasteiger partial charge in [0.05, 0.1) is 9.26 Å². The van der Waals surface area contributed by atoms with Crippen LogP contribution in [0, 0.1) is 9.49 Å². The minimum atomic E-state index is -0.864. The van der Waals surface area contributed by atoms with Crippen molar-refractivity contribution in [2.75, 3.05) is 11.9 Å². The zero-order valence-corrected chi connectivity index (χ0v) is 13.2. The molecule has 1 atom stereocenters. The molecule has 1 aromatic rings. The highest BCUT2D eigenvalue weighted by Crippen LogP contribution is 2.24. The molecule has 0 aliphatic rings. The van der Waals surface area contributed by atoms with Gasteiger partial charge in [-0.05, 0) is 41.9 Å². The largest absolute Gasteiger partial charge is 0.480 e. The van der Waals surface area contributed by atoms with Gasteiger partial charge in [0.15, 0.2) is 0 Å². The molecular formula is C12H18IN3O2. The monoisotopic (exact) mass is 363 g/mol. The number of likely N-dealkylation sites (N-methyl/N-ethyl adjacent to an activating group) is 1. The third-order valence-electron chi connectivity index (χ3n) is 2.72. The predicted octanol–water partition coefficient (Wildman–Crippen LogP) is 2.19. The summed E-state index contributed by atoms with van der Waals surface area (Å²) >= 11 is 2.19. The second-order valence-electron chi connectivity index (χ2n) is 4.68. The Morgan fingerprint density at radius 2 is 2.06 bits per heavy atom. The van der Waals surface area contributed by atoms with Crippen LogP contribution in [-0.4, -0.2) is 34.1 Å². The number of hydrogen-bond donors (Lipinski definition) is 1. The summed E-state index contributed by atoms with van der Waals surface area (Å²) in [5.74, 6) is 0.317. The molecule has 100 valence electrons. The van der Waals surface area contributed by atoms with Crippen molar-refractivity contribution in [2.24, 2.45) is 5.92 Å². The number of aromatic nitrogens is 2. The van der Waals surface area contributed by atoms with E-state index in [-0.39, 0.29) is 0 Å². The molecule has 1 N–H and O–H groups in total. The fourth-order valence-electron chi connectivity index (χ4n) is 1.52. The molecule has 0 saturated heterocycles. The second kappa shape index (κ2) is 6.31. The maximum Gasteiger partial charge on any atom is 0.326 e. The Morgan fingerprint density at radius 3 is 2.56 bits per heavy atom. The normalized spacial score (nSPS) is 12.6. The first kappa shape index (κ1) is 15.1. The minimum absolute atomic E-state index is 0.503. The molecule has 0 amide bonds. The van der Waals surface area contributed by atoms with E-state index in [9.17, 15) is 4.79 Å². The lowest BCUT2D eigenvalue weighted by atomic mass is 10.1. The van der Waals surface area contributed by atoms with Crippen molar-refractivity contribution in [1.29, 1.82) is 0 Å². The molecule has 0 spiro atoms. The van der Waals surface area contributed by atoms with Gasteiger partial charge >= 0.3 is 5.97 Å². The molecule has 0 fully saturated rings. The number of anilines is 1. The van der Waals surface area contributed by atoms with Gasteiger partial charge in [-0.1, -0.05) is 13.8 Å². The standard InChI is InChI=1S/C12H18IN3O2/c1-7(2)5-9-10(13)11(15-6-14-9)16(4)8(3)12(17)18/h6-8H,5H2,1-4H3,(H,17,18). The number of halogens is 1. The van der Waals surface area contributed by atoms with E-state index in [0.717, 1.165) is 15.7 Å². The Kier molecular flexibility index (Phi) is 5.30. The van der Waals surface area contributed by atoms with Crippen molar-refractivity contribution < 1.29 is 9.90 Å². The molecular weight excluding hydrogens is 345 g/mol. The quantitative estimate of drug-likeness (QED) is 0.813. The summed E-state index contributed by atoms with van der Waals surface area (Å²) in [6, 6.07) is -0.611. The molecule has 1 rings (SSSR count). The first-order chi connectivity index (χ1) is 8.34. The van der Waals surface area contributed by atoms with Crippen LogP contribution in [0.5, 0.6) is 0 Å². The summed E-state index contributed by atoms with van der Waals surface area (Å²) in [7, 11) is 1.74. The number of carbonyl (C=O) groups is 1. The summed E-state index contributed by atoms with van der Waals surface area (Å²) in [4.78, 5) is 21.1. The zero-order valence-electron chi connectivity index (χ0n) is 11.0. The van der Waals surface area contributed by atoms with E-state index in [1.807, 2.05) is 0 Å². The van der Waals surface area contributed by atoms with E-state index < -0.39 is 12.0 Å². The summed E-state index contributed by atoms with van der Waals surface area (Å²) < 4.78 is 0.930. The first-order valence-electron chi connectivity index (χ1n) is 5.79. The number of rotatable bonds is 5. The average molecular weight is 363 g/mol. The molecule has 6 heteroatoms.